The minimum absolute atomic E-state index is 0.163. The molecule has 2 unspecified atom stereocenters. The number of hydrogen-bond donors (Lipinski definition) is 2. The summed E-state index contributed by atoms with van der Waals surface area (Å²) in [6, 6.07) is 18.2. The number of ether oxygens (including phenoxy) is 1. The van der Waals surface area contributed by atoms with Gasteiger partial charge in [0.2, 0.25) is 11.3 Å². The van der Waals surface area contributed by atoms with Crippen molar-refractivity contribution in [3.8, 4) is 0 Å². The lowest BCUT2D eigenvalue weighted by molar-refractivity contribution is 0.0600. The maximum absolute atomic E-state index is 12.1. The predicted octanol–water partition coefficient (Wildman–Crippen LogP) is 3.23. The van der Waals surface area contributed by atoms with Crippen molar-refractivity contribution in [2.75, 3.05) is 26.7 Å². The van der Waals surface area contributed by atoms with Crippen LogP contribution in [-0.4, -0.2) is 62.8 Å². The van der Waals surface area contributed by atoms with E-state index in [1.165, 1.54) is 12.7 Å². The number of carbonyl (C=O) groups is 1. The molecule has 0 aliphatic carbocycles. The fraction of sp³-hybridized carbons (Fsp3) is 0.458. The predicted molar refractivity (Wildman–Crippen MR) is 126 cm³/mol. The summed E-state index contributed by atoms with van der Waals surface area (Å²) >= 11 is -2.10. The summed E-state index contributed by atoms with van der Waals surface area (Å²) in [5.41, 5.74) is 2.54. The Balaban J connectivity index is 1.72. The highest BCUT2D eigenvalue weighted by Gasteiger charge is 2.28. The summed E-state index contributed by atoms with van der Waals surface area (Å²) in [7, 11) is 1.34. The smallest absolute Gasteiger partial charge is 0.337 e. The van der Waals surface area contributed by atoms with Crippen LogP contribution in [0.15, 0.2) is 54.6 Å². The van der Waals surface area contributed by atoms with Crippen molar-refractivity contribution in [2.24, 2.45) is 0 Å². The lowest BCUT2D eigenvalue weighted by Crippen LogP contribution is -2.55. The van der Waals surface area contributed by atoms with Gasteiger partial charge in [0.1, 0.15) is 0 Å². The van der Waals surface area contributed by atoms with Crippen molar-refractivity contribution >= 4 is 17.2 Å². The third kappa shape index (κ3) is 6.70. The number of hydrogen-bond acceptors (Lipinski definition) is 5. The molecule has 1 heterocycles. The van der Waals surface area contributed by atoms with Crippen molar-refractivity contribution in [1.29, 1.82) is 0 Å². The lowest BCUT2D eigenvalue weighted by Gasteiger charge is -2.41. The van der Waals surface area contributed by atoms with Gasteiger partial charge in [0.25, 0.3) is 0 Å². The van der Waals surface area contributed by atoms with E-state index in [2.05, 4.69) is 36.2 Å². The van der Waals surface area contributed by atoms with Gasteiger partial charge in [-0.05, 0) is 43.5 Å². The van der Waals surface area contributed by atoms with E-state index in [-0.39, 0.29) is 6.04 Å². The van der Waals surface area contributed by atoms with E-state index >= 15 is 0 Å². The van der Waals surface area contributed by atoms with Gasteiger partial charge in [-0.25, -0.2) is 9.00 Å². The molecule has 4 atom stereocenters. The molecule has 3 rings (SSSR count). The summed E-state index contributed by atoms with van der Waals surface area (Å²) in [6.45, 7) is 7.03. The molecule has 2 N–H and O–H groups in total. The third-order valence-electron chi connectivity index (χ3n) is 5.82. The van der Waals surface area contributed by atoms with Gasteiger partial charge in [0, 0.05) is 44.3 Å². The molecular formula is C24H33N3O4S. The average molecular weight is 460 g/mol. The van der Waals surface area contributed by atoms with Crippen molar-refractivity contribution in [3.63, 3.8) is 0 Å². The van der Waals surface area contributed by atoms with Crippen molar-refractivity contribution in [3.05, 3.63) is 71.3 Å². The summed E-state index contributed by atoms with van der Waals surface area (Å²) in [5.74, 6) is -0.399. The molecule has 174 valence electrons. The first-order chi connectivity index (χ1) is 15.4. The van der Waals surface area contributed by atoms with Crippen LogP contribution in [0, 0.1) is 0 Å². The molecule has 8 heteroatoms. The van der Waals surface area contributed by atoms with E-state index in [1.54, 1.807) is 28.6 Å². The second-order valence-corrected chi connectivity index (χ2v) is 9.40. The van der Waals surface area contributed by atoms with E-state index in [0.29, 0.717) is 30.7 Å². The lowest BCUT2D eigenvalue weighted by atomic mass is 9.99. The molecular weight excluding hydrogens is 426 g/mol. The molecule has 2 aromatic carbocycles. The van der Waals surface area contributed by atoms with Crippen molar-refractivity contribution in [1.82, 2.24) is 14.5 Å². The molecule has 0 saturated carbocycles. The molecule has 32 heavy (non-hydrogen) atoms. The topological polar surface area (TPSA) is 82.1 Å². The van der Waals surface area contributed by atoms with Crippen LogP contribution in [0.25, 0.3) is 0 Å². The zero-order valence-electron chi connectivity index (χ0n) is 18.9. The number of piperazine rings is 1. The number of esters is 1. The Kier molecular flexibility index (Phi) is 8.95. The first-order valence-electron chi connectivity index (χ1n) is 11.0. The quantitative estimate of drug-likeness (QED) is 0.443. The summed E-state index contributed by atoms with van der Waals surface area (Å²) in [4.78, 5) is 14.1. The zero-order chi connectivity index (χ0) is 23.1. The number of nitrogens with one attached hydrogen (secondary N) is 1. The van der Waals surface area contributed by atoms with E-state index in [9.17, 15) is 13.6 Å². The Morgan fingerprint density at radius 1 is 1.16 bits per heavy atom. The minimum atomic E-state index is -2.10. The number of nitrogens with zero attached hydrogens (tertiary/aromatic N) is 2. The molecule has 0 bridgehead atoms. The van der Waals surface area contributed by atoms with Crippen LogP contribution in [0.2, 0.25) is 0 Å². The first-order valence-corrected chi connectivity index (χ1v) is 12.0. The molecule has 1 aliphatic rings. The van der Waals surface area contributed by atoms with Gasteiger partial charge in [-0.3, -0.25) is 9.45 Å². The highest BCUT2D eigenvalue weighted by molar-refractivity contribution is 7.76. The van der Waals surface area contributed by atoms with Gasteiger partial charge in [-0.1, -0.05) is 42.5 Å². The summed E-state index contributed by atoms with van der Waals surface area (Å²) in [5, 5.41) is 3.57. The average Bonchev–Trinajstić information content (AvgIpc) is 2.78. The van der Waals surface area contributed by atoms with Gasteiger partial charge >= 0.3 is 5.97 Å². The monoisotopic (exact) mass is 459 g/mol. The third-order valence-corrected chi connectivity index (χ3v) is 6.57. The van der Waals surface area contributed by atoms with Gasteiger partial charge in [0.05, 0.1) is 12.7 Å². The fourth-order valence-electron chi connectivity index (χ4n) is 4.41. The zero-order valence-corrected chi connectivity index (χ0v) is 19.8. The molecule has 0 amide bonds. The molecule has 1 fully saturated rings. The Labute approximate surface area is 193 Å². The van der Waals surface area contributed by atoms with Gasteiger partial charge in [0.15, 0.2) is 0 Å². The van der Waals surface area contributed by atoms with E-state index < -0.39 is 17.2 Å². The molecule has 7 nitrogen and oxygen atoms in total. The van der Waals surface area contributed by atoms with Crippen LogP contribution in [0.3, 0.4) is 0 Å². The highest BCUT2D eigenvalue weighted by Crippen LogP contribution is 2.27. The van der Waals surface area contributed by atoms with Crippen molar-refractivity contribution in [2.45, 2.75) is 44.9 Å². The Hall–Kier alpha value is -2.10. The number of methoxy groups -OCH3 is 1. The van der Waals surface area contributed by atoms with Crippen LogP contribution in [0.4, 0.5) is 0 Å². The van der Waals surface area contributed by atoms with Gasteiger partial charge in [-0.2, -0.15) is 4.31 Å². The standard InChI is InChI=1S/C24H33N3O4S/c1-18-15-26(16-19(2)25-18)23(21-7-5-4-6-8-21)13-14-27(32(29)30)17-20-9-11-22(12-10-20)24(28)31-3/h4-12,18-19,23,25H,13-17H2,1-3H3,(H,29,30)/t18-,19+,23?. The number of benzene rings is 2. The minimum Gasteiger partial charge on any atom is -0.465 e. The number of rotatable bonds is 9. The Morgan fingerprint density at radius 2 is 1.78 bits per heavy atom. The molecule has 1 saturated heterocycles. The molecule has 0 aromatic heterocycles. The largest absolute Gasteiger partial charge is 0.465 e. The van der Waals surface area contributed by atoms with Crippen LogP contribution >= 0.6 is 0 Å². The summed E-state index contributed by atoms with van der Waals surface area (Å²) in [6.07, 6.45) is 0.732. The number of carbonyl (C=O) groups excluding carboxylic acids is 1. The van der Waals surface area contributed by atoms with E-state index in [4.69, 9.17) is 4.74 Å². The van der Waals surface area contributed by atoms with Crippen LogP contribution in [0.1, 0.15) is 47.8 Å². The first kappa shape index (κ1) is 24.5. The molecule has 2 aromatic rings. The SMILES string of the molecule is COC(=O)c1ccc(CN(CCC(c2ccccc2)N2C[C@@H](C)N[C@@H](C)C2)S(=O)O)cc1. The van der Waals surface area contributed by atoms with Crippen LogP contribution in [0.5, 0.6) is 0 Å². The van der Waals surface area contributed by atoms with E-state index in [1.807, 2.05) is 18.2 Å². The fourth-order valence-corrected chi connectivity index (χ4v) is 4.93. The Morgan fingerprint density at radius 3 is 2.34 bits per heavy atom. The molecule has 1 aliphatic heterocycles. The second kappa shape index (κ2) is 11.7. The highest BCUT2D eigenvalue weighted by atomic mass is 32.2. The maximum Gasteiger partial charge on any atom is 0.337 e. The van der Waals surface area contributed by atoms with Gasteiger partial charge < -0.3 is 10.1 Å². The van der Waals surface area contributed by atoms with E-state index in [0.717, 1.165) is 25.1 Å². The molecule has 0 radical (unpaired) electrons. The normalized spacial score (nSPS) is 21.3. The second-order valence-electron chi connectivity index (χ2n) is 8.42. The molecule has 0 spiro atoms. The van der Waals surface area contributed by atoms with Crippen molar-refractivity contribution < 1.29 is 18.3 Å². The van der Waals surface area contributed by atoms with Crippen LogP contribution < -0.4 is 5.32 Å². The maximum atomic E-state index is 12.1. The van der Waals surface area contributed by atoms with Gasteiger partial charge in [-0.15, -0.1) is 0 Å². The summed E-state index contributed by atoms with van der Waals surface area (Å²) < 4.78 is 28.3. The van der Waals surface area contributed by atoms with Crippen LogP contribution in [-0.2, 0) is 22.5 Å². The Bertz CT molecular complexity index is 884.